The lowest BCUT2D eigenvalue weighted by Crippen LogP contribution is -2.45. The summed E-state index contributed by atoms with van der Waals surface area (Å²) in [6.07, 6.45) is 3.63. The van der Waals surface area contributed by atoms with E-state index in [0.29, 0.717) is 23.3 Å². The molecule has 3 rings (SSSR count). The molecule has 8 nitrogen and oxygen atoms in total. The van der Waals surface area contributed by atoms with Gasteiger partial charge in [0.2, 0.25) is 5.76 Å². The zero-order chi connectivity index (χ0) is 20.8. The molecular weight excluding hydrogens is 376 g/mol. The summed E-state index contributed by atoms with van der Waals surface area (Å²) >= 11 is 0. The Hall–Kier alpha value is -3.55. The largest absolute Gasteiger partial charge is 0.466 e. The van der Waals surface area contributed by atoms with Gasteiger partial charge in [0.15, 0.2) is 0 Å². The number of amides is 2. The fourth-order valence-corrected chi connectivity index (χ4v) is 3.08. The van der Waals surface area contributed by atoms with Gasteiger partial charge in [-0.1, -0.05) is 25.5 Å². The second-order valence-corrected chi connectivity index (χ2v) is 6.46. The van der Waals surface area contributed by atoms with Crippen molar-refractivity contribution in [3.8, 4) is 5.75 Å². The molecule has 0 spiro atoms. The van der Waals surface area contributed by atoms with Crippen molar-refractivity contribution in [3.05, 3.63) is 65.3 Å². The molecule has 1 aromatic carbocycles. The highest BCUT2D eigenvalue weighted by atomic mass is 16.5. The number of ether oxygens (including phenoxy) is 2. The average Bonchev–Trinajstić information content (AvgIpc) is 3.26. The lowest BCUT2D eigenvalue weighted by molar-refractivity contribution is -0.136. The molecule has 0 radical (unpaired) electrons. The van der Waals surface area contributed by atoms with Crippen molar-refractivity contribution >= 4 is 18.0 Å². The van der Waals surface area contributed by atoms with Crippen LogP contribution in [0.1, 0.15) is 48.3 Å². The maximum absolute atomic E-state index is 12.5. The highest BCUT2D eigenvalue weighted by Crippen LogP contribution is 2.31. The SMILES string of the molecule is CCCCC1=C(C(=O)OC)C(c2cccc(OC(=O)c3ccco3)c2)NC(=O)N1. The molecule has 8 heteroatoms. The fraction of sp³-hybridized carbons (Fsp3) is 0.286. The Morgan fingerprint density at radius 3 is 2.69 bits per heavy atom. The Kier molecular flexibility index (Phi) is 6.33. The number of allylic oxidation sites excluding steroid dienone is 1. The number of rotatable bonds is 7. The van der Waals surface area contributed by atoms with Crippen LogP contribution in [0.3, 0.4) is 0 Å². The second-order valence-electron chi connectivity index (χ2n) is 6.46. The van der Waals surface area contributed by atoms with Gasteiger partial charge in [-0.15, -0.1) is 0 Å². The highest BCUT2D eigenvalue weighted by Gasteiger charge is 2.33. The van der Waals surface area contributed by atoms with Crippen molar-refractivity contribution in [2.45, 2.75) is 32.2 Å². The molecular formula is C21H22N2O6. The molecule has 0 saturated carbocycles. The quantitative estimate of drug-likeness (QED) is 0.546. The van der Waals surface area contributed by atoms with Crippen LogP contribution in [-0.4, -0.2) is 25.1 Å². The number of methoxy groups -OCH3 is 1. The van der Waals surface area contributed by atoms with E-state index in [4.69, 9.17) is 13.9 Å². The summed E-state index contributed by atoms with van der Waals surface area (Å²) in [7, 11) is 1.29. The van der Waals surface area contributed by atoms with Crippen LogP contribution < -0.4 is 15.4 Å². The first-order chi connectivity index (χ1) is 14.0. The van der Waals surface area contributed by atoms with Gasteiger partial charge in [0.1, 0.15) is 5.75 Å². The minimum atomic E-state index is -0.731. The van der Waals surface area contributed by atoms with Gasteiger partial charge in [0.25, 0.3) is 0 Å². The Bertz CT molecular complexity index is 932. The van der Waals surface area contributed by atoms with Gasteiger partial charge < -0.3 is 24.5 Å². The van der Waals surface area contributed by atoms with E-state index in [1.807, 2.05) is 6.92 Å². The van der Waals surface area contributed by atoms with E-state index in [9.17, 15) is 14.4 Å². The van der Waals surface area contributed by atoms with Gasteiger partial charge in [-0.3, -0.25) is 0 Å². The fourth-order valence-electron chi connectivity index (χ4n) is 3.08. The van der Waals surface area contributed by atoms with Crippen LogP contribution in [0, 0.1) is 0 Å². The summed E-state index contributed by atoms with van der Waals surface area (Å²) in [4.78, 5) is 36.8. The number of hydrogen-bond donors (Lipinski definition) is 2. The highest BCUT2D eigenvalue weighted by molar-refractivity contribution is 5.95. The molecule has 2 N–H and O–H groups in total. The number of nitrogens with one attached hydrogen (secondary N) is 2. The second kappa shape index (κ2) is 9.09. The number of benzene rings is 1. The van der Waals surface area contributed by atoms with Crippen LogP contribution in [0.25, 0.3) is 0 Å². The zero-order valence-electron chi connectivity index (χ0n) is 16.2. The summed E-state index contributed by atoms with van der Waals surface area (Å²) in [5.41, 5.74) is 1.44. The van der Waals surface area contributed by atoms with Crippen LogP contribution in [-0.2, 0) is 9.53 Å². The Morgan fingerprint density at radius 1 is 1.17 bits per heavy atom. The third-order valence-corrected chi connectivity index (χ3v) is 4.46. The third kappa shape index (κ3) is 4.66. The molecule has 0 aliphatic carbocycles. The van der Waals surface area contributed by atoms with Crippen LogP contribution in [0.5, 0.6) is 5.75 Å². The van der Waals surface area contributed by atoms with Gasteiger partial charge in [-0.2, -0.15) is 0 Å². The summed E-state index contributed by atoms with van der Waals surface area (Å²) in [6, 6.07) is 8.55. The molecule has 1 aliphatic rings. The minimum absolute atomic E-state index is 0.0718. The first-order valence-corrected chi connectivity index (χ1v) is 9.28. The maximum Gasteiger partial charge on any atom is 0.379 e. The average molecular weight is 398 g/mol. The van der Waals surface area contributed by atoms with E-state index >= 15 is 0 Å². The monoisotopic (exact) mass is 398 g/mol. The lowest BCUT2D eigenvalue weighted by Gasteiger charge is -2.29. The standard InChI is InChI=1S/C21H22N2O6/c1-3-4-9-15-17(20(25)27-2)18(23-21(26)22-15)13-7-5-8-14(12-13)29-19(24)16-10-6-11-28-16/h5-8,10-12,18H,3-4,9H2,1-2H3,(H2,22,23,26). The van der Waals surface area contributed by atoms with E-state index in [0.717, 1.165) is 12.8 Å². The molecule has 0 saturated heterocycles. The van der Waals surface area contributed by atoms with E-state index in [1.54, 1.807) is 30.3 Å². The summed E-state index contributed by atoms with van der Waals surface area (Å²) in [5.74, 6) is -0.848. The van der Waals surface area contributed by atoms with E-state index in [2.05, 4.69) is 10.6 Å². The van der Waals surface area contributed by atoms with Crippen molar-refractivity contribution in [2.24, 2.45) is 0 Å². The first kappa shape index (κ1) is 20.2. The van der Waals surface area contributed by atoms with Crippen LogP contribution in [0.15, 0.2) is 58.3 Å². The van der Waals surface area contributed by atoms with Gasteiger partial charge >= 0.3 is 18.0 Å². The number of unbranched alkanes of at least 4 members (excludes halogenated alkanes) is 1. The molecule has 0 bridgehead atoms. The summed E-state index contributed by atoms with van der Waals surface area (Å²) < 4.78 is 15.3. The smallest absolute Gasteiger partial charge is 0.379 e. The summed E-state index contributed by atoms with van der Waals surface area (Å²) in [6.45, 7) is 2.02. The predicted octanol–water partition coefficient (Wildman–Crippen LogP) is 3.47. The van der Waals surface area contributed by atoms with Crippen molar-refractivity contribution in [1.82, 2.24) is 10.6 Å². The molecule has 1 aliphatic heterocycles. The Labute approximate surface area is 167 Å². The number of furan rings is 1. The van der Waals surface area contributed by atoms with E-state index in [-0.39, 0.29) is 11.5 Å². The Balaban J connectivity index is 1.93. The lowest BCUT2D eigenvalue weighted by atomic mass is 9.93. The van der Waals surface area contributed by atoms with Crippen molar-refractivity contribution < 1.29 is 28.3 Å². The van der Waals surface area contributed by atoms with Crippen molar-refractivity contribution in [1.29, 1.82) is 0 Å². The molecule has 152 valence electrons. The van der Waals surface area contributed by atoms with Crippen LogP contribution >= 0.6 is 0 Å². The molecule has 29 heavy (non-hydrogen) atoms. The molecule has 1 atom stereocenters. The number of hydrogen-bond acceptors (Lipinski definition) is 6. The molecule has 2 heterocycles. The molecule has 2 amide bonds. The van der Waals surface area contributed by atoms with Crippen LogP contribution in [0.2, 0.25) is 0 Å². The van der Waals surface area contributed by atoms with Gasteiger partial charge in [0, 0.05) is 5.70 Å². The molecule has 0 fully saturated rings. The normalized spacial score (nSPS) is 16.1. The topological polar surface area (TPSA) is 107 Å². The Morgan fingerprint density at radius 2 is 2.00 bits per heavy atom. The maximum atomic E-state index is 12.5. The van der Waals surface area contributed by atoms with Gasteiger partial charge in [0.05, 0.1) is 25.0 Å². The summed E-state index contributed by atoms with van der Waals surface area (Å²) in [5, 5.41) is 5.46. The predicted molar refractivity (Wildman–Crippen MR) is 103 cm³/mol. The van der Waals surface area contributed by atoms with E-state index < -0.39 is 24.0 Å². The van der Waals surface area contributed by atoms with E-state index in [1.165, 1.54) is 19.4 Å². The molecule has 2 aromatic rings. The number of urea groups is 1. The number of carbonyl (C=O) groups excluding carboxylic acids is 3. The number of esters is 2. The third-order valence-electron chi connectivity index (χ3n) is 4.46. The van der Waals surface area contributed by atoms with Crippen molar-refractivity contribution in [2.75, 3.05) is 7.11 Å². The minimum Gasteiger partial charge on any atom is -0.466 e. The molecule has 1 aromatic heterocycles. The first-order valence-electron chi connectivity index (χ1n) is 9.28. The van der Waals surface area contributed by atoms with Gasteiger partial charge in [-0.25, -0.2) is 14.4 Å². The molecule has 1 unspecified atom stereocenters. The van der Waals surface area contributed by atoms with Crippen LogP contribution in [0.4, 0.5) is 4.79 Å². The zero-order valence-corrected chi connectivity index (χ0v) is 16.2. The van der Waals surface area contributed by atoms with Gasteiger partial charge in [-0.05, 0) is 42.7 Å². The van der Waals surface area contributed by atoms with Crippen molar-refractivity contribution in [3.63, 3.8) is 0 Å². The number of carbonyl (C=O) groups is 3.